The minimum atomic E-state index is -0.667. The van der Waals surface area contributed by atoms with Crippen LogP contribution in [0.1, 0.15) is 88.2 Å². The lowest BCUT2D eigenvalue weighted by molar-refractivity contribution is -0.125. The largest absolute Gasteiger partial charge is 0.489 e. The van der Waals surface area contributed by atoms with Gasteiger partial charge in [0.2, 0.25) is 5.91 Å². The highest BCUT2D eigenvalue weighted by atomic mass is 16.5. The highest BCUT2D eigenvalue weighted by molar-refractivity contribution is 6.09. The maximum atomic E-state index is 13.6. The molecular formula is C43H51N9O6. The number of ether oxygens (including phenoxy) is 1. The van der Waals surface area contributed by atoms with E-state index in [2.05, 4.69) is 36.6 Å². The topological polar surface area (TPSA) is 162 Å². The maximum Gasteiger partial charge on any atom is 0.261 e. The van der Waals surface area contributed by atoms with Gasteiger partial charge in [-0.2, -0.15) is 5.10 Å². The van der Waals surface area contributed by atoms with Gasteiger partial charge in [-0.1, -0.05) is 0 Å². The third-order valence-corrected chi connectivity index (χ3v) is 12.0. The average Bonchev–Trinajstić information content (AvgIpc) is 3.88. The predicted octanol–water partition coefficient (Wildman–Crippen LogP) is 4.01. The van der Waals surface area contributed by atoms with Crippen LogP contribution < -0.4 is 20.3 Å². The molecule has 4 aromatic rings. The molecule has 2 aromatic carbocycles. The molecule has 4 aliphatic rings. The number of nitrogens with one attached hydrogen (secondary N) is 2. The summed E-state index contributed by atoms with van der Waals surface area (Å²) >= 11 is 0. The summed E-state index contributed by atoms with van der Waals surface area (Å²) in [6.07, 6.45) is 9.16. The van der Waals surface area contributed by atoms with E-state index in [0.29, 0.717) is 71.7 Å². The molecule has 0 saturated carbocycles. The van der Waals surface area contributed by atoms with Crippen molar-refractivity contribution in [1.29, 1.82) is 0 Å². The number of carbonyl (C=O) groups is 5. The first kappa shape index (κ1) is 39.0. The van der Waals surface area contributed by atoms with E-state index in [0.717, 1.165) is 75.1 Å². The molecule has 2 aromatic heterocycles. The molecule has 0 spiro atoms. The van der Waals surface area contributed by atoms with Crippen LogP contribution in [0.3, 0.4) is 0 Å². The summed E-state index contributed by atoms with van der Waals surface area (Å²) in [6.45, 7) is 10.4. The molecule has 2 N–H and O–H groups in total. The van der Waals surface area contributed by atoms with Crippen LogP contribution in [0, 0.1) is 11.8 Å². The number of hydrogen-bond acceptors (Lipinski definition) is 10. The Morgan fingerprint density at radius 1 is 1.00 bits per heavy atom. The lowest BCUT2D eigenvalue weighted by Gasteiger charge is -2.44. The van der Waals surface area contributed by atoms with E-state index in [1.165, 1.54) is 6.20 Å². The number of piperidine rings is 1. The SMILES string of the molecule is CNC(=O)C(CCC=O)N1Cc2cc(N3CC(CN4CCC(CCN5Cc6cc(NC(=O)c7cnn8cccnc78)c(OC(C)C)cc6C5=O)CC4)C3)ccc2C1=O. The number of likely N-dealkylation sites (N-methyl/N-ethyl adjacent to an activating group) is 1. The Morgan fingerprint density at radius 3 is 2.55 bits per heavy atom. The van der Waals surface area contributed by atoms with Gasteiger partial charge in [-0.15, -0.1) is 0 Å². The van der Waals surface area contributed by atoms with Crippen molar-refractivity contribution in [2.45, 2.75) is 71.2 Å². The number of carbonyl (C=O) groups excluding carboxylic acids is 5. The first-order chi connectivity index (χ1) is 28.1. The summed E-state index contributed by atoms with van der Waals surface area (Å²) in [4.78, 5) is 76.4. The molecule has 0 radical (unpaired) electrons. The van der Waals surface area contributed by atoms with Gasteiger partial charge in [-0.05, 0) is 106 Å². The van der Waals surface area contributed by atoms with E-state index in [-0.39, 0.29) is 36.2 Å². The van der Waals surface area contributed by atoms with Crippen LogP contribution in [0.5, 0.6) is 5.75 Å². The summed E-state index contributed by atoms with van der Waals surface area (Å²) < 4.78 is 7.63. The molecule has 4 amide bonds. The van der Waals surface area contributed by atoms with Crippen molar-refractivity contribution in [2.24, 2.45) is 11.8 Å². The van der Waals surface area contributed by atoms with Gasteiger partial charge < -0.3 is 39.8 Å². The van der Waals surface area contributed by atoms with E-state index in [1.807, 2.05) is 36.9 Å². The molecule has 58 heavy (non-hydrogen) atoms. The van der Waals surface area contributed by atoms with Crippen molar-refractivity contribution in [3.8, 4) is 5.75 Å². The highest BCUT2D eigenvalue weighted by Crippen LogP contribution is 2.36. The Bertz CT molecular complexity index is 2220. The number of benzene rings is 2. The summed E-state index contributed by atoms with van der Waals surface area (Å²) in [6, 6.07) is 10.7. The molecule has 8 rings (SSSR count). The average molecular weight is 790 g/mol. The number of rotatable bonds is 15. The number of nitrogens with zero attached hydrogens (tertiary/aromatic N) is 7. The van der Waals surface area contributed by atoms with Crippen LogP contribution in [-0.2, 0) is 22.7 Å². The Morgan fingerprint density at radius 2 is 1.79 bits per heavy atom. The lowest BCUT2D eigenvalue weighted by atomic mass is 9.91. The van der Waals surface area contributed by atoms with Gasteiger partial charge in [0.15, 0.2) is 5.65 Å². The van der Waals surface area contributed by atoms with Crippen LogP contribution in [0.4, 0.5) is 11.4 Å². The van der Waals surface area contributed by atoms with Gasteiger partial charge in [0, 0.05) is 87.9 Å². The highest BCUT2D eigenvalue weighted by Gasteiger charge is 2.37. The van der Waals surface area contributed by atoms with Gasteiger partial charge in [0.05, 0.1) is 18.0 Å². The molecule has 2 saturated heterocycles. The molecule has 15 nitrogen and oxygen atoms in total. The Labute approximate surface area is 337 Å². The first-order valence-corrected chi connectivity index (χ1v) is 20.4. The van der Waals surface area contributed by atoms with Gasteiger partial charge in [0.1, 0.15) is 23.6 Å². The maximum absolute atomic E-state index is 13.6. The van der Waals surface area contributed by atoms with E-state index < -0.39 is 6.04 Å². The van der Waals surface area contributed by atoms with Crippen LogP contribution >= 0.6 is 0 Å². The van der Waals surface area contributed by atoms with Crippen LogP contribution in [0.25, 0.3) is 5.65 Å². The zero-order valence-corrected chi connectivity index (χ0v) is 33.4. The van der Waals surface area contributed by atoms with E-state index in [1.54, 1.807) is 41.0 Å². The van der Waals surface area contributed by atoms with E-state index in [9.17, 15) is 24.0 Å². The fourth-order valence-electron chi connectivity index (χ4n) is 8.87. The molecule has 4 aliphatic heterocycles. The monoisotopic (exact) mass is 789 g/mol. The molecule has 1 atom stereocenters. The number of hydrogen-bond donors (Lipinski definition) is 2. The molecular weight excluding hydrogens is 739 g/mol. The predicted molar refractivity (Wildman–Crippen MR) is 217 cm³/mol. The molecule has 0 bridgehead atoms. The Kier molecular flexibility index (Phi) is 11.1. The number of likely N-dealkylation sites (tertiary alicyclic amines) is 1. The number of amides is 4. The fraction of sp³-hybridized carbons (Fsp3) is 0.465. The number of aromatic nitrogens is 3. The van der Waals surface area contributed by atoms with Crippen LogP contribution in [-0.4, -0.2) is 118 Å². The first-order valence-electron chi connectivity index (χ1n) is 20.4. The van der Waals surface area contributed by atoms with Crippen molar-refractivity contribution < 1.29 is 28.7 Å². The second kappa shape index (κ2) is 16.6. The lowest BCUT2D eigenvalue weighted by Crippen LogP contribution is -2.52. The third kappa shape index (κ3) is 7.87. The summed E-state index contributed by atoms with van der Waals surface area (Å²) in [5, 5.41) is 9.86. The van der Waals surface area contributed by atoms with Crippen LogP contribution in [0.15, 0.2) is 55.0 Å². The number of fused-ring (bicyclic) bond motifs is 3. The van der Waals surface area contributed by atoms with E-state index in [4.69, 9.17) is 4.74 Å². The van der Waals surface area contributed by atoms with Gasteiger partial charge in [0.25, 0.3) is 17.7 Å². The van der Waals surface area contributed by atoms with Crippen molar-refractivity contribution in [3.05, 3.63) is 82.8 Å². The van der Waals surface area contributed by atoms with Crippen molar-refractivity contribution >= 4 is 46.9 Å². The number of anilines is 2. The minimum absolute atomic E-state index is 0.00439. The Hall–Kier alpha value is -5.83. The minimum Gasteiger partial charge on any atom is -0.489 e. The molecule has 2 fully saturated rings. The van der Waals surface area contributed by atoms with Crippen LogP contribution in [0.2, 0.25) is 0 Å². The second-order valence-electron chi connectivity index (χ2n) is 16.3. The second-order valence-corrected chi connectivity index (χ2v) is 16.3. The smallest absolute Gasteiger partial charge is 0.261 e. The normalized spacial score (nSPS) is 17.8. The Balaban J connectivity index is 0.800. The molecule has 304 valence electrons. The fourth-order valence-corrected chi connectivity index (χ4v) is 8.87. The third-order valence-electron chi connectivity index (χ3n) is 12.0. The summed E-state index contributed by atoms with van der Waals surface area (Å²) in [7, 11) is 1.55. The van der Waals surface area contributed by atoms with Crippen molar-refractivity contribution in [2.75, 3.05) is 56.5 Å². The standard InChI is InChI=1S/C43H51N9O6/c1-27(2)58-38-20-34-31(19-36(38)47-40(54)35-21-46-52-13-5-12-45-39(35)52)25-49(42(34)56)16-11-28-9-14-48(15-10-28)22-29-23-50(24-29)32-7-8-33-30(18-32)26-51(43(33)57)37(6-4-17-53)41(55)44-3/h5,7-8,12-13,17-21,27-29,37H,4,6,9-11,14-16,22-26H2,1-3H3,(H,44,55)(H,47,54). The van der Waals surface area contributed by atoms with E-state index >= 15 is 0 Å². The quantitative estimate of drug-likeness (QED) is 0.169. The molecule has 1 unspecified atom stereocenters. The zero-order chi connectivity index (χ0) is 40.5. The zero-order valence-electron chi connectivity index (χ0n) is 33.4. The van der Waals surface area contributed by atoms with Gasteiger partial charge >= 0.3 is 0 Å². The van der Waals surface area contributed by atoms with Crippen molar-refractivity contribution in [3.63, 3.8) is 0 Å². The van der Waals surface area contributed by atoms with Gasteiger partial charge in [-0.3, -0.25) is 19.2 Å². The molecule has 0 aliphatic carbocycles. The van der Waals surface area contributed by atoms with Gasteiger partial charge in [-0.25, -0.2) is 9.50 Å². The molecule has 15 heteroatoms. The van der Waals surface area contributed by atoms with Crippen molar-refractivity contribution in [1.82, 2.24) is 34.6 Å². The number of aldehydes is 1. The molecule has 6 heterocycles. The summed E-state index contributed by atoms with van der Waals surface area (Å²) in [5.74, 6) is 0.808. The summed E-state index contributed by atoms with van der Waals surface area (Å²) in [5.41, 5.74) is 5.45.